The Hall–Kier alpha value is -1.76. The van der Waals surface area contributed by atoms with Crippen molar-refractivity contribution < 1.29 is 13.2 Å². The monoisotopic (exact) mass is 365 g/mol. The molecular formula is C18H27N3O3S. The molecule has 7 heteroatoms. The molecule has 0 bridgehead atoms. The highest BCUT2D eigenvalue weighted by Crippen LogP contribution is 2.24. The zero-order valence-corrected chi connectivity index (χ0v) is 15.5. The summed E-state index contributed by atoms with van der Waals surface area (Å²) in [6.45, 7) is 4.65. The molecule has 0 aliphatic carbocycles. The molecule has 1 unspecified atom stereocenters. The summed E-state index contributed by atoms with van der Waals surface area (Å²) in [5, 5.41) is 5.88. The van der Waals surface area contributed by atoms with Gasteiger partial charge in [-0.1, -0.05) is 6.92 Å². The van der Waals surface area contributed by atoms with Crippen molar-refractivity contribution in [1.29, 1.82) is 0 Å². The van der Waals surface area contributed by atoms with Gasteiger partial charge in [0.05, 0.1) is 18.1 Å². The van der Waals surface area contributed by atoms with Crippen molar-refractivity contribution in [3.05, 3.63) is 24.3 Å². The first kappa shape index (κ1) is 18.0. The minimum Gasteiger partial charge on any atom is -0.376 e. The summed E-state index contributed by atoms with van der Waals surface area (Å²) in [4.78, 5) is 14.4. The molecule has 6 nitrogen and oxygen atoms in total. The Morgan fingerprint density at radius 2 is 1.84 bits per heavy atom. The van der Waals surface area contributed by atoms with Crippen molar-refractivity contribution in [3.8, 4) is 0 Å². The van der Waals surface area contributed by atoms with E-state index in [1.165, 1.54) is 18.5 Å². The van der Waals surface area contributed by atoms with Crippen molar-refractivity contribution in [2.45, 2.75) is 32.2 Å². The van der Waals surface area contributed by atoms with Crippen molar-refractivity contribution in [3.63, 3.8) is 0 Å². The lowest BCUT2D eigenvalue weighted by molar-refractivity contribution is -0.119. The van der Waals surface area contributed by atoms with E-state index in [1.807, 2.05) is 12.1 Å². The Morgan fingerprint density at radius 3 is 2.44 bits per heavy atom. The van der Waals surface area contributed by atoms with Crippen LogP contribution in [-0.4, -0.2) is 51.5 Å². The lowest BCUT2D eigenvalue weighted by Gasteiger charge is -2.32. The zero-order chi connectivity index (χ0) is 17.9. The molecule has 2 aliphatic heterocycles. The fraction of sp³-hybridized carbons (Fsp3) is 0.611. The van der Waals surface area contributed by atoms with Crippen molar-refractivity contribution >= 4 is 27.1 Å². The predicted molar refractivity (Wildman–Crippen MR) is 101 cm³/mol. The van der Waals surface area contributed by atoms with Crippen LogP contribution in [0.5, 0.6) is 0 Å². The average molecular weight is 365 g/mol. The fourth-order valence-electron chi connectivity index (χ4n) is 3.43. The Bertz CT molecular complexity index is 695. The van der Waals surface area contributed by atoms with Gasteiger partial charge in [0.25, 0.3) is 0 Å². The van der Waals surface area contributed by atoms with Gasteiger partial charge in [-0.15, -0.1) is 0 Å². The van der Waals surface area contributed by atoms with E-state index in [0.29, 0.717) is 6.42 Å². The van der Waals surface area contributed by atoms with Gasteiger partial charge in [0, 0.05) is 30.5 Å². The molecule has 0 spiro atoms. The maximum absolute atomic E-state index is 12.0. The van der Waals surface area contributed by atoms with Gasteiger partial charge in [0.2, 0.25) is 5.91 Å². The molecule has 1 amide bonds. The molecule has 3 rings (SSSR count). The smallest absolute Gasteiger partial charge is 0.239 e. The summed E-state index contributed by atoms with van der Waals surface area (Å²) < 4.78 is 22.8. The standard InChI is InChI=1S/C18H27N3O3S/c1-14-6-9-21(10-7-14)17-4-2-15(3-5-17)19-12-18(22)20-16-8-11-25(23,24)13-16/h2-5,14,16,19H,6-13H2,1H3,(H,20,22). The lowest BCUT2D eigenvalue weighted by Crippen LogP contribution is -2.39. The Labute approximate surface area is 149 Å². The van der Waals surface area contributed by atoms with Gasteiger partial charge in [0.1, 0.15) is 0 Å². The second kappa shape index (κ2) is 7.64. The van der Waals surface area contributed by atoms with Crippen LogP contribution < -0.4 is 15.5 Å². The second-order valence-corrected chi connectivity index (χ2v) is 9.47. The molecule has 0 saturated carbocycles. The van der Waals surface area contributed by atoms with E-state index in [4.69, 9.17) is 0 Å². The minimum atomic E-state index is -2.97. The van der Waals surface area contributed by atoms with Crippen LogP contribution in [0.15, 0.2) is 24.3 Å². The first-order valence-electron chi connectivity index (χ1n) is 9.00. The summed E-state index contributed by atoms with van der Waals surface area (Å²) in [6.07, 6.45) is 2.98. The SMILES string of the molecule is CC1CCN(c2ccc(NCC(=O)NC3CCS(=O)(=O)C3)cc2)CC1. The van der Waals surface area contributed by atoms with Crippen LogP contribution in [0.1, 0.15) is 26.2 Å². The summed E-state index contributed by atoms with van der Waals surface area (Å²) >= 11 is 0. The molecule has 25 heavy (non-hydrogen) atoms. The third-order valence-corrected chi connectivity index (χ3v) is 6.83. The van der Waals surface area contributed by atoms with Crippen LogP contribution in [-0.2, 0) is 14.6 Å². The van der Waals surface area contributed by atoms with Crippen molar-refractivity contribution in [1.82, 2.24) is 5.32 Å². The molecule has 138 valence electrons. The van der Waals surface area contributed by atoms with Gasteiger partial charge in [-0.05, 0) is 49.4 Å². The van der Waals surface area contributed by atoms with E-state index < -0.39 is 9.84 Å². The first-order chi connectivity index (χ1) is 11.9. The van der Waals surface area contributed by atoms with E-state index >= 15 is 0 Å². The number of amides is 1. The highest BCUT2D eigenvalue weighted by molar-refractivity contribution is 7.91. The maximum atomic E-state index is 12.0. The first-order valence-corrected chi connectivity index (χ1v) is 10.8. The van der Waals surface area contributed by atoms with E-state index in [9.17, 15) is 13.2 Å². The van der Waals surface area contributed by atoms with Crippen LogP contribution in [0.25, 0.3) is 0 Å². The summed E-state index contributed by atoms with van der Waals surface area (Å²) in [5.74, 6) is 0.867. The minimum absolute atomic E-state index is 0.0574. The Morgan fingerprint density at radius 1 is 1.16 bits per heavy atom. The van der Waals surface area contributed by atoms with Crippen molar-refractivity contribution in [2.24, 2.45) is 5.92 Å². The molecule has 0 radical (unpaired) electrons. The second-order valence-electron chi connectivity index (χ2n) is 7.24. The van der Waals surface area contributed by atoms with E-state index in [0.717, 1.165) is 24.7 Å². The fourth-order valence-corrected chi connectivity index (χ4v) is 5.10. The van der Waals surface area contributed by atoms with Gasteiger partial charge >= 0.3 is 0 Å². The molecule has 1 atom stereocenters. The number of hydrogen-bond donors (Lipinski definition) is 2. The molecule has 1 aromatic carbocycles. The quantitative estimate of drug-likeness (QED) is 0.829. The number of nitrogens with one attached hydrogen (secondary N) is 2. The zero-order valence-electron chi connectivity index (χ0n) is 14.7. The van der Waals surface area contributed by atoms with Crippen LogP contribution in [0.4, 0.5) is 11.4 Å². The van der Waals surface area contributed by atoms with Gasteiger partial charge in [-0.2, -0.15) is 0 Å². The highest BCUT2D eigenvalue weighted by atomic mass is 32.2. The van der Waals surface area contributed by atoms with Crippen LogP contribution in [0.2, 0.25) is 0 Å². The third kappa shape index (κ3) is 5.11. The van der Waals surface area contributed by atoms with Gasteiger partial charge in [-0.3, -0.25) is 4.79 Å². The lowest BCUT2D eigenvalue weighted by atomic mass is 9.99. The Kier molecular flexibility index (Phi) is 5.51. The molecule has 2 heterocycles. The van der Waals surface area contributed by atoms with E-state index in [2.05, 4.69) is 34.6 Å². The van der Waals surface area contributed by atoms with E-state index in [1.54, 1.807) is 0 Å². The molecule has 0 aromatic heterocycles. The number of benzene rings is 1. The van der Waals surface area contributed by atoms with Crippen molar-refractivity contribution in [2.75, 3.05) is 41.4 Å². The number of anilines is 2. The van der Waals surface area contributed by atoms with Gasteiger partial charge < -0.3 is 15.5 Å². The number of hydrogen-bond acceptors (Lipinski definition) is 5. The van der Waals surface area contributed by atoms with Crippen LogP contribution in [0, 0.1) is 5.92 Å². The average Bonchev–Trinajstić information content (AvgIpc) is 2.93. The number of piperidine rings is 1. The molecular weight excluding hydrogens is 338 g/mol. The molecule has 2 saturated heterocycles. The largest absolute Gasteiger partial charge is 0.376 e. The highest BCUT2D eigenvalue weighted by Gasteiger charge is 2.28. The van der Waals surface area contributed by atoms with Crippen LogP contribution >= 0.6 is 0 Å². The van der Waals surface area contributed by atoms with E-state index in [-0.39, 0.29) is 30.0 Å². The van der Waals surface area contributed by atoms with Gasteiger partial charge in [0.15, 0.2) is 9.84 Å². The van der Waals surface area contributed by atoms with Gasteiger partial charge in [-0.25, -0.2) is 8.42 Å². The number of rotatable bonds is 5. The number of carbonyl (C=O) groups is 1. The van der Waals surface area contributed by atoms with Crippen LogP contribution in [0.3, 0.4) is 0 Å². The molecule has 2 N–H and O–H groups in total. The third-order valence-electron chi connectivity index (χ3n) is 5.07. The topological polar surface area (TPSA) is 78.5 Å². The normalized spacial score (nSPS) is 23.4. The number of sulfone groups is 1. The molecule has 1 aromatic rings. The molecule has 2 fully saturated rings. The number of nitrogens with zero attached hydrogens (tertiary/aromatic N) is 1. The summed E-state index contributed by atoms with van der Waals surface area (Å²) in [5.41, 5.74) is 2.11. The summed E-state index contributed by atoms with van der Waals surface area (Å²) in [6, 6.07) is 7.89. The maximum Gasteiger partial charge on any atom is 0.239 e. The number of carbonyl (C=O) groups excluding carboxylic acids is 1. The Balaban J connectivity index is 1.45. The predicted octanol–water partition coefficient (Wildman–Crippen LogP) is 1.64. The summed E-state index contributed by atoms with van der Waals surface area (Å²) in [7, 11) is -2.97. The molecule has 2 aliphatic rings.